The van der Waals surface area contributed by atoms with Crippen molar-refractivity contribution in [1.29, 1.82) is 0 Å². The number of halogens is 1. The smallest absolute Gasteiger partial charge is 0.327 e. The lowest BCUT2D eigenvalue weighted by molar-refractivity contribution is -0.145. The molecule has 0 bridgehead atoms. The van der Waals surface area contributed by atoms with Gasteiger partial charge >= 0.3 is 5.97 Å². The second kappa shape index (κ2) is 5.06. The van der Waals surface area contributed by atoms with Gasteiger partial charge in [0.25, 0.3) is 0 Å². The van der Waals surface area contributed by atoms with Gasteiger partial charge in [-0.15, -0.1) is 0 Å². The van der Waals surface area contributed by atoms with Crippen molar-refractivity contribution in [3.8, 4) is 0 Å². The van der Waals surface area contributed by atoms with E-state index in [1.165, 1.54) is 13.8 Å². The summed E-state index contributed by atoms with van der Waals surface area (Å²) in [5.41, 5.74) is 0. The molecule has 0 spiro atoms. The first-order valence-electron chi connectivity index (χ1n) is 5.41. The van der Waals surface area contributed by atoms with Gasteiger partial charge < -0.3 is 4.74 Å². The third kappa shape index (κ3) is 2.53. The number of benzene rings is 1. The first-order valence-corrected chi connectivity index (χ1v) is 6.89. The van der Waals surface area contributed by atoms with Crippen molar-refractivity contribution in [3.63, 3.8) is 0 Å². The molecule has 18 heavy (non-hydrogen) atoms. The highest BCUT2D eigenvalue weighted by Gasteiger charge is 2.44. The van der Waals surface area contributed by atoms with Crippen molar-refractivity contribution in [1.82, 2.24) is 0 Å². The third-order valence-electron chi connectivity index (χ3n) is 2.56. The van der Waals surface area contributed by atoms with Crippen LogP contribution in [0.15, 0.2) is 29.2 Å². The fourth-order valence-corrected chi connectivity index (χ4v) is 2.68. The number of rotatable bonds is 4. The van der Waals surface area contributed by atoms with E-state index in [1.54, 1.807) is 6.92 Å². The molecule has 0 aliphatic heterocycles. The Bertz CT molecular complexity index is 532. The summed E-state index contributed by atoms with van der Waals surface area (Å²) in [6, 6.07) is 4.33. The Labute approximate surface area is 106 Å². The molecular weight excluding hydrogens is 259 g/mol. The maximum Gasteiger partial charge on any atom is 0.327 e. The summed E-state index contributed by atoms with van der Waals surface area (Å²) >= 11 is 0. The van der Waals surface area contributed by atoms with Crippen molar-refractivity contribution in [2.45, 2.75) is 30.4 Å². The van der Waals surface area contributed by atoms with Gasteiger partial charge in [-0.25, -0.2) is 12.8 Å². The molecule has 0 unspecified atom stereocenters. The maximum absolute atomic E-state index is 12.8. The van der Waals surface area contributed by atoms with Crippen LogP contribution in [0.3, 0.4) is 0 Å². The lowest BCUT2D eigenvalue weighted by atomic mass is 10.2. The van der Waals surface area contributed by atoms with Crippen LogP contribution in [-0.4, -0.2) is 25.7 Å². The van der Waals surface area contributed by atoms with Crippen LogP contribution in [0.5, 0.6) is 0 Å². The molecule has 0 aromatic heterocycles. The Morgan fingerprint density at radius 2 is 1.78 bits per heavy atom. The number of carbonyl (C=O) groups is 1. The molecule has 0 aliphatic rings. The van der Waals surface area contributed by atoms with Gasteiger partial charge in [0, 0.05) is 0 Å². The molecule has 100 valence electrons. The summed E-state index contributed by atoms with van der Waals surface area (Å²) in [7, 11) is -3.92. The molecule has 0 saturated carbocycles. The maximum atomic E-state index is 12.8. The number of sulfone groups is 1. The van der Waals surface area contributed by atoms with Gasteiger partial charge in [-0.2, -0.15) is 0 Å². The molecule has 1 aromatic carbocycles. The van der Waals surface area contributed by atoms with Gasteiger partial charge in [-0.3, -0.25) is 4.79 Å². The molecule has 4 nitrogen and oxygen atoms in total. The van der Waals surface area contributed by atoms with E-state index < -0.39 is 26.4 Å². The first-order chi connectivity index (χ1) is 8.23. The highest BCUT2D eigenvalue weighted by molar-refractivity contribution is 7.93. The molecule has 0 heterocycles. The molecule has 1 aromatic rings. The lowest BCUT2D eigenvalue weighted by Crippen LogP contribution is -2.42. The summed E-state index contributed by atoms with van der Waals surface area (Å²) in [5, 5.41) is 0. The molecule has 0 N–H and O–H groups in total. The second-order valence-electron chi connectivity index (χ2n) is 4.19. The zero-order valence-corrected chi connectivity index (χ0v) is 11.3. The van der Waals surface area contributed by atoms with Gasteiger partial charge in [0.05, 0.1) is 11.5 Å². The summed E-state index contributed by atoms with van der Waals surface area (Å²) in [4.78, 5) is 11.6. The van der Waals surface area contributed by atoms with Crippen LogP contribution >= 0.6 is 0 Å². The molecule has 0 radical (unpaired) electrons. The van der Waals surface area contributed by atoms with E-state index in [4.69, 9.17) is 4.74 Å². The summed E-state index contributed by atoms with van der Waals surface area (Å²) in [6.07, 6.45) is 0. The Hall–Kier alpha value is -1.43. The molecule has 0 aliphatic carbocycles. The van der Waals surface area contributed by atoms with Crippen LogP contribution in [-0.2, 0) is 19.4 Å². The van der Waals surface area contributed by atoms with Crippen molar-refractivity contribution >= 4 is 15.8 Å². The van der Waals surface area contributed by atoms with Gasteiger partial charge in [-0.1, -0.05) is 0 Å². The van der Waals surface area contributed by atoms with E-state index in [2.05, 4.69) is 0 Å². The molecule has 0 fully saturated rings. The van der Waals surface area contributed by atoms with Crippen LogP contribution in [0, 0.1) is 5.82 Å². The average molecular weight is 274 g/mol. The third-order valence-corrected chi connectivity index (χ3v) is 4.97. The minimum atomic E-state index is -3.92. The van der Waals surface area contributed by atoms with Crippen molar-refractivity contribution in [2.75, 3.05) is 6.61 Å². The van der Waals surface area contributed by atoms with E-state index in [0.717, 1.165) is 24.3 Å². The fourth-order valence-electron chi connectivity index (χ4n) is 1.32. The summed E-state index contributed by atoms with van der Waals surface area (Å²) < 4.78 is 40.3. The van der Waals surface area contributed by atoms with Crippen LogP contribution in [0.2, 0.25) is 0 Å². The fraction of sp³-hybridized carbons (Fsp3) is 0.417. The number of hydrogen-bond donors (Lipinski definition) is 0. The number of esters is 1. The highest BCUT2D eigenvalue weighted by Crippen LogP contribution is 2.26. The van der Waals surface area contributed by atoms with Crippen LogP contribution < -0.4 is 0 Å². The highest BCUT2D eigenvalue weighted by atomic mass is 32.2. The zero-order valence-electron chi connectivity index (χ0n) is 10.4. The number of hydrogen-bond acceptors (Lipinski definition) is 4. The van der Waals surface area contributed by atoms with E-state index in [0.29, 0.717) is 0 Å². The lowest BCUT2D eigenvalue weighted by Gasteiger charge is -2.22. The zero-order chi connectivity index (χ0) is 14.0. The molecule has 6 heteroatoms. The molecule has 0 amide bonds. The quantitative estimate of drug-likeness (QED) is 0.622. The Morgan fingerprint density at radius 1 is 1.28 bits per heavy atom. The normalized spacial score (nSPS) is 12.2. The van der Waals surface area contributed by atoms with Gasteiger partial charge in [0.15, 0.2) is 14.6 Å². The SMILES string of the molecule is CCOC(=O)C(C)(C)S(=O)(=O)c1ccc(F)cc1. The van der Waals surface area contributed by atoms with Crippen molar-refractivity contribution in [2.24, 2.45) is 0 Å². The van der Waals surface area contributed by atoms with Crippen LogP contribution in [0.25, 0.3) is 0 Å². The monoisotopic (exact) mass is 274 g/mol. The Morgan fingerprint density at radius 3 is 2.22 bits per heavy atom. The average Bonchev–Trinajstić information content (AvgIpc) is 2.29. The minimum absolute atomic E-state index is 0.0984. The van der Waals surface area contributed by atoms with Gasteiger partial charge in [0.1, 0.15) is 5.82 Å². The topological polar surface area (TPSA) is 60.4 Å². The standard InChI is InChI=1S/C12H15FO4S/c1-4-17-11(14)12(2,3)18(15,16)10-7-5-9(13)6-8-10/h5-8H,4H2,1-3H3. The summed E-state index contributed by atoms with van der Waals surface area (Å²) in [5.74, 6) is -1.36. The molecular formula is C12H15FO4S. The molecule has 0 atom stereocenters. The van der Waals surface area contributed by atoms with Crippen molar-refractivity contribution < 1.29 is 22.3 Å². The predicted molar refractivity (Wildman–Crippen MR) is 64.3 cm³/mol. The van der Waals surface area contributed by atoms with E-state index in [-0.39, 0.29) is 11.5 Å². The van der Waals surface area contributed by atoms with Gasteiger partial charge in [0.2, 0.25) is 0 Å². The number of ether oxygens (including phenoxy) is 1. The Balaban J connectivity index is 3.21. The van der Waals surface area contributed by atoms with E-state index in [9.17, 15) is 17.6 Å². The minimum Gasteiger partial charge on any atom is -0.465 e. The number of carbonyl (C=O) groups excluding carboxylic acids is 1. The second-order valence-corrected chi connectivity index (χ2v) is 6.69. The first kappa shape index (κ1) is 14.6. The molecule has 0 saturated heterocycles. The Kier molecular flexibility index (Phi) is 4.11. The van der Waals surface area contributed by atoms with E-state index in [1.807, 2.05) is 0 Å². The molecule has 1 rings (SSSR count). The largest absolute Gasteiger partial charge is 0.465 e. The van der Waals surface area contributed by atoms with Crippen LogP contribution in [0.4, 0.5) is 4.39 Å². The van der Waals surface area contributed by atoms with Crippen LogP contribution in [0.1, 0.15) is 20.8 Å². The van der Waals surface area contributed by atoms with Gasteiger partial charge in [-0.05, 0) is 45.0 Å². The van der Waals surface area contributed by atoms with E-state index >= 15 is 0 Å². The summed E-state index contributed by atoms with van der Waals surface area (Å²) in [6.45, 7) is 4.23. The van der Waals surface area contributed by atoms with Crippen molar-refractivity contribution in [3.05, 3.63) is 30.1 Å². The predicted octanol–water partition coefficient (Wildman–Crippen LogP) is 1.94.